The average molecular weight is 559 g/mol. The molecule has 0 unspecified atom stereocenters. The molecule has 6 rings (SSSR count). The Bertz CT molecular complexity index is 1820. The van der Waals surface area contributed by atoms with Crippen molar-refractivity contribution >= 4 is 55.0 Å². The van der Waals surface area contributed by atoms with Gasteiger partial charge in [-0.3, -0.25) is 0 Å². The van der Waals surface area contributed by atoms with Crippen LogP contribution >= 0.6 is 0 Å². The fraction of sp³-hybridized carbons (Fsp3) is 0.167. The summed E-state index contributed by atoms with van der Waals surface area (Å²) in [5.41, 5.74) is 1.77. The zero-order chi connectivity index (χ0) is 29.1. The van der Waals surface area contributed by atoms with Gasteiger partial charge in [0.05, 0.1) is 13.2 Å². The fourth-order valence-corrected chi connectivity index (χ4v) is 5.42. The number of fused-ring (bicyclic) bond motifs is 6. The van der Waals surface area contributed by atoms with Crippen molar-refractivity contribution in [3.63, 3.8) is 0 Å². The van der Waals surface area contributed by atoms with Gasteiger partial charge in [-0.2, -0.15) is 0 Å². The van der Waals surface area contributed by atoms with E-state index < -0.39 is 11.9 Å². The Hall–Kier alpha value is -5.10. The smallest absolute Gasteiger partial charge is 0.344 e. The summed E-state index contributed by atoms with van der Waals surface area (Å²) in [5.74, 6) is 0.300. The molecule has 42 heavy (non-hydrogen) atoms. The molecular formula is C36H30O6. The predicted molar refractivity (Wildman–Crippen MR) is 166 cm³/mol. The van der Waals surface area contributed by atoms with Gasteiger partial charge in [-0.05, 0) is 81.6 Å². The third kappa shape index (κ3) is 5.31. The number of hydrogen-bond acceptors (Lipinski definition) is 6. The summed E-state index contributed by atoms with van der Waals surface area (Å²) in [6, 6.07) is 32.7. The summed E-state index contributed by atoms with van der Waals surface area (Å²) in [5, 5.41) is 8.13. The van der Waals surface area contributed by atoms with E-state index >= 15 is 0 Å². The summed E-state index contributed by atoms with van der Waals surface area (Å²) in [4.78, 5) is 24.4. The van der Waals surface area contributed by atoms with Gasteiger partial charge in [0.15, 0.2) is 13.2 Å². The van der Waals surface area contributed by atoms with Gasteiger partial charge in [0.1, 0.15) is 11.5 Å². The summed E-state index contributed by atoms with van der Waals surface area (Å²) < 4.78 is 22.4. The second-order valence-electron chi connectivity index (χ2n) is 9.90. The Kier molecular flexibility index (Phi) is 7.60. The molecule has 0 fully saturated rings. The van der Waals surface area contributed by atoms with Gasteiger partial charge >= 0.3 is 11.9 Å². The highest BCUT2D eigenvalue weighted by Crippen LogP contribution is 2.41. The van der Waals surface area contributed by atoms with Gasteiger partial charge in [-0.25, -0.2) is 9.59 Å². The van der Waals surface area contributed by atoms with E-state index in [0.717, 1.165) is 54.2 Å². The Morgan fingerprint density at radius 2 is 0.929 bits per heavy atom. The molecule has 6 heteroatoms. The average Bonchev–Trinajstić information content (AvgIpc) is 3.02. The van der Waals surface area contributed by atoms with Gasteiger partial charge in [0.2, 0.25) is 0 Å². The quantitative estimate of drug-likeness (QED) is 0.133. The minimum atomic E-state index is -0.427. The van der Waals surface area contributed by atoms with Crippen molar-refractivity contribution in [2.45, 2.75) is 13.8 Å². The van der Waals surface area contributed by atoms with Crippen LogP contribution in [0.5, 0.6) is 11.5 Å². The van der Waals surface area contributed by atoms with Crippen molar-refractivity contribution in [2.24, 2.45) is 0 Å². The first-order valence-corrected chi connectivity index (χ1v) is 14.0. The maximum Gasteiger partial charge on any atom is 0.344 e. The first kappa shape index (κ1) is 27.1. The summed E-state index contributed by atoms with van der Waals surface area (Å²) in [6.07, 6.45) is 0. The van der Waals surface area contributed by atoms with Crippen LogP contribution < -0.4 is 9.47 Å². The minimum absolute atomic E-state index is 0.199. The first-order valence-electron chi connectivity index (χ1n) is 14.0. The van der Waals surface area contributed by atoms with E-state index in [1.54, 1.807) is 13.8 Å². The number of benzene rings is 6. The number of hydrogen-bond donors (Lipinski definition) is 0. The molecule has 6 aromatic carbocycles. The number of carbonyl (C=O) groups excluding carboxylic acids is 2. The second-order valence-corrected chi connectivity index (χ2v) is 9.90. The lowest BCUT2D eigenvalue weighted by atomic mass is 9.93. The van der Waals surface area contributed by atoms with Crippen molar-refractivity contribution in [3.05, 3.63) is 97.1 Å². The molecule has 0 aliphatic rings. The fourth-order valence-electron chi connectivity index (χ4n) is 5.42. The number of rotatable bonds is 9. The van der Waals surface area contributed by atoms with Crippen LogP contribution in [0.1, 0.15) is 13.8 Å². The molecule has 0 heterocycles. The molecule has 210 valence electrons. The van der Waals surface area contributed by atoms with Crippen LogP contribution in [0.25, 0.3) is 54.2 Å². The van der Waals surface area contributed by atoms with Crippen LogP contribution in [0.3, 0.4) is 0 Å². The Balaban J connectivity index is 1.56. The molecular weight excluding hydrogens is 528 g/mol. The van der Waals surface area contributed by atoms with Crippen LogP contribution in [-0.4, -0.2) is 38.4 Å². The Morgan fingerprint density at radius 3 is 1.36 bits per heavy atom. The minimum Gasteiger partial charge on any atom is -0.481 e. The molecule has 0 amide bonds. The molecule has 0 radical (unpaired) electrons. The van der Waals surface area contributed by atoms with E-state index in [1.807, 2.05) is 48.5 Å². The van der Waals surface area contributed by atoms with E-state index in [-0.39, 0.29) is 26.4 Å². The van der Waals surface area contributed by atoms with Crippen molar-refractivity contribution in [1.29, 1.82) is 0 Å². The predicted octanol–water partition coefficient (Wildman–Crippen LogP) is 7.85. The molecule has 0 saturated heterocycles. The topological polar surface area (TPSA) is 71.1 Å². The first-order chi connectivity index (χ1) is 20.6. The largest absolute Gasteiger partial charge is 0.481 e. The standard InChI is InChI=1S/C36H30O6/c1-3-39-35(37)21-41-33-19-25(17-31-27-11-7-5-9-23(27)13-15-29(31)33)26-18-32-28-12-8-6-10-24(28)14-16-30(32)34(20-26)42-22-36(38)40-4-2/h5-20H,3-4,21-22H2,1-2H3. The van der Waals surface area contributed by atoms with Crippen LogP contribution in [0.2, 0.25) is 0 Å². The van der Waals surface area contributed by atoms with Gasteiger partial charge in [0, 0.05) is 10.8 Å². The molecule has 0 aromatic heterocycles. The molecule has 0 atom stereocenters. The Labute approximate surface area is 243 Å². The second kappa shape index (κ2) is 11.8. The van der Waals surface area contributed by atoms with E-state index in [0.29, 0.717) is 11.5 Å². The maximum atomic E-state index is 12.2. The molecule has 0 spiro atoms. The van der Waals surface area contributed by atoms with Crippen molar-refractivity contribution in [3.8, 4) is 22.6 Å². The van der Waals surface area contributed by atoms with Gasteiger partial charge in [-0.1, -0.05) is 72.8 Å². The lowest BCUT2D eigenvalue weighted by Gasteiger charge is -2.16. The van der Waals surface area contributed by atoms with Gasteiger partial charge in [-0.15, -0.1) is 0 Å². The molecule has 6 aromatic rings. The van der Waals surface area contributed by atoms with Crippen LogP contribution in [0.4, 0.5) is 0 Å². The van der Waals surface area contributed by atoms with Gasteiger partial charge < -0.3 is 18.9 Å². The molecule has 0 saturated carbocycles. The highest BCUT2D eigenvalue weighted by Gasteiger charge is 2.16. The number of ether oxygens (including phenoxy) is 4. The summed E-state index contributed by atoms with van der Waals surface area (Å²) >= 11 is 0. The highest BCUT2D eigenvalue weighted by molar-refractivity contribution is 6.13. The van der Waals surface area contributed by atoms with Crippen LogP contribution in [0.15, 0.2) is 97.1 Å². The lowest BCUT2D eigenvalue weighted by molar-refractivity contribution is -0.146. The number of esters is 2. The SMILES string of the molecule is CCOC(=O)COc1cc(-c2cc(OCC(=O)OCC)c3ccc4ccccc4c3c2)cc2c1ccc1ccccc12. The maximum absolute atomic E-state index is 12.2. The van der Waals surface area contributed by atoms with E-state index in [4.69, 9.17) is 18.9 Å². The van der Waals surface area contributed by atoms with E-state index in [9.17, 15) is 9.59 Å². The van der Waals surface area contributed by atoms with Crippen LogP contribution in [0, 0.1) is 0 Å². The van der Waals surface area contributed by atoms with Crippen molar-refractivity contribution in [1.82, 2.24) is 0 Å². The summed E-state index contributed by atoms with van der Waals surface area (Å²) in [7, 11) is 0. The van der Waals surface area contributed by atoms with E-state index in [2.05, 4.69) is 48.5 Å². The lowest BCUT2D eigenvalue weighted by Crippen LogP contribution is -2.15. The van der Waals surface area contributed by atoms with Crippen molar-refractivity contribution in [2.75, 3.05) is 26.4 Å². The van der Waals surface area contributed by atoms with Crippen molar-refractivity contribution < 1.29 is 28.5 Å². The molecule has 0 bridgehead atoms. The molecule has 0 N–H and O–H groups in total. The normalized spacial score (nSPS) is 11.2. The number of carbonyl (C=O) groups is 2. The van der Waals surface area contributed by atoms with Gasteiger partial charge in [0.25, 0.3) is 0 Å². The third-order valence-corrected chi connectivity index (χ3v) is 7.28. The molecule has 0 aliphatic carbocycles. The zero-order valence-corrected chi connectivity index (χ0v) is 23.5. The molecule has 0 aliphatic heterocycles. The third-order valence-electron chi connectivity index (χ3n) is 7.28. The van der Waals surface area contributed by atoms with E-state index in [1.165, 1.54) is 0 Å². The summed E-state index contributed by atoms with van der Waals surface area (Å²) in [6.45, 7) is 3.71. The Morgan fingerprint density at radius 1 is 0.500 bits per heavy atom. The zero-order valence-electron chi connectivity index (χ0n) is 23.5. The monoisotopic (exact) mass is 558 g/mol. The molecule has 6 nitrogen and oxygen atoms in total. The highest BCUT2D eigenvalue weighted by atomic mass is 16.6. The van der Waals surface area contributed by atoms with Crippen LogP contribution in [-0.2, 0) is 19.1 Å².